The molecule has 2 rings (SSSR count). The second-order valence-corrected chi connectivity index (χ2v) is 5.27. The van der Waals surface area contributed by atoms with E-state index in [-0.39, 0.29) is 18.5 Å². The van der Waals surface area contributed by atoms with Gasteiger partial charge in [0.25, 0.3) is 0 Å². The van der Waals surface area contributed by atoms with Gasteiger partial charge in [0.1, 0.15) is 0 Å². The first kappa shape index (κ1) is 15.5. The Morgan fingerprint density at radius 1 is 1.22 bits per heavy atom. The van der Waals surface area contributed by atoms with Crippen molar-refractivity contribution in [2.75, 3.05) is 6.54 Å². The van der Waals surface area contributed by atoms with Crippen LogP contribution < -0.4 is 5.73 Å². The molecule has 1 unspecified atom stereocenters. The van der Waals surface area contributed by atoms with Crippen molar-refractivity contribution in [1.82, 2.24) is 0 Å². The van der Waals surface area contributed by atoms with Gasteiger partial charge in [-0.15, -0.1) is 12.4 Å². The predicted octanol–water partition coefficient (Wildman–Crippen LogP) is 2.78. The molecule has 0 spiro atoms. The van der Waals surface area contributed by atoms with Crippen LogP contribution in [0.3, 0.4) is 0 Å². The number of rotatable bonds is 6. The highest BCUT2D eigenvalue weighted by Crippen LogP contribution is 2.38. The topological polar surface area (TPSA) is 46.2 Å². The van der Waals surface area contributed by atoms with Crippen molar-refractivity contribution < 1.29 is 5.11 Å². The lowest BCUT2D eigenvalue weighted by Crippen LogP contribution is -2.34. The van der Waals surface area contributed by atoms with Crippen molar-refractivity contribution in [3.05, 3.63) is 35.9 Å². The molecule has 1 aromatic carbocycles. The average Bonchev–Trinajstić information content (AvgIpc) is 2.31. The molecule has 1 fully saturated rings. The summed E-state index contributed by atoms with van der Waals surface area (Å²) >= 11 is 0. The summed E-state index contributed by atoms with van der Waals surface area (Å²) in [5, 5.41) is 10.1. The fourth-order valence-electron chi connectivity index (χ4n) is 2.77. The van der Waals surface area contributed by atoms with Gasteiger partial charge in [0.15, 0.2) is 0 Å². The fourth-order valence-corrected chi connectivity index (χ4v) is 2.77. The molecule has 0 amide bonds. The van der Waals surface area contributed by atoms with Crippen molar-refractivity contribution in [2.24, 2.45) is 17.6 Å². The van der Waals surface area contributed by atoms with Crippen molar-refractivity contribution in [2.45, 2.75) is 38.2 Å². The summed E-state index contributed by atoms with van der Waals surface area (Å²) < 4.78 is 0. The molecule has 1 aliphatic carbocycles. The minimum atomic E-state index is -0.121. The number of halogens is 1. The van der Waals surface area contributed by atoms with Gasteiger partial charge in [-0.25, -0.2) is 0 Å². The summed E-state index contributed by atoms with van der Waals surface area (Å²) in [4.78, 5) is 0. The van der Waals surface area contributed by atoms with E-state index >= 15 is 0 Å². The SMILES string of the molecule is Cl.NCCC1CC(C(O)CCc2ccccc2)C1. The maximum absolute atomic E-state index is 10.1. The van der Waals surface area contributed by atoms with E-state index in [4.69, 9.17) is 5.73 Å². The van der Waals surface area contributed by atoms with E-state index in [0.29, 0.717) is 5.92 Å². The van der Waals surface area contributed by atoms with Gasteiger partial charge in [0, 0.05) is 0 Å². The first-order valence-corrected chi connectivity index (χ1v) is 6.71. The van der Waals surface area contributed by atoms with Crippen molar-refractivity contribution in [1.29, 1.82) is 0 Å². The molecule has 3 N–H and O–H groups in total. The average molecular weight is 270 g/mol. The molecule has 1 aliphatic rings. The molecular formula is C15H24ClNO. The Balaban J connectivity index is 0.00000162. The van der Waals surface area contributed by atoms with E-state index in [1.165, 1.54) is 18.4 Å². The van der Waals surface area contributed by atoms with Crippen LogP contribution in [0.4, 0.5) is 0 Å². The fraction of sp³-hybridized carbons (Fsp3) is 0.600. The van der Waals surface area contributed by atoms with Gasteiger partial charge < -0.3 is 10.8 Å². The third kappa shape index (κ3) is 4.27. The zero-order valence-electron chi connectivity index (χ0n) is 10.8. The smallest absolute Gasteiger partial charge is 0.0571 e. The number of aliphatic hydroxyl groups is 1. The summed E-state index contributed by atoms with van der Waals surface area (Å²) in [6.45, 7) is 0.789. The Morgan fingerprint density at radius 3 is 2.50 bits per heavy atom. The normalized spacial score (nSPS) is 23.9. The first-order valence-electron chi connectivity index (χ1n) is 6.71. The summed E-state index contributed by atoms with van der Waals surface area (Å²) in [6, 6.07) is 10.4. The Kier molecular flexibility index (Phi) is 6.69. The highest BCUT2D eigenvalue weighted by atomic mass is 35.5. The van der Waals surface area contributed by atoms with Crippen molar-refractivity contribution in [3.8, 4) is 0 Å². The molecule has 2 nitrogen and oxygen atoms in total. The summed E-state index contributed by atoms with van der Waals surface area (Å²) in [6.07, 6.45) is 5.23. The Labute approximate surface area is 116 Å². The van der Waals surface area contributed by atoms with Crippen LogP contribution in [0, 0.1) is 11.8 Å². The number of hydrogen-bond donors (Lipinski definition) is 2. The van der Waals surface area contributed by atoms with Gasteiger partial charge in [-0.05, 0) is 56.0 Å². The van der Waals surface area contributed by atoms with Crippen LogP contribution in [-0.2, 0) is 6.42 Å². The lowest BCUT2D eigenvalue weighted by atomic mass is 9.70. The summed E-state index contributed by atoms with van der Waals surface area (Å²) in [5.74, 6) is 1.30. The monoisotopic (exact) mass is 269 g/mol. The van der Waals surface area contributed by atoms with E-state index in [0.717, 1.165) is 31.7 Å². The van der Waals surface area contributed by atoms with E-state index in [9.17, 15) is 5.11 Å². The zero-order valence-corrected chi connectivity index (χ0v) is 11.6. The zero-order chi connectivity index (χ0) is 12.1. The van der Waals surface area contributed by atoms with Crippen LogP contribution in [0.5, 0.6) is 0 Å². The van der Waals surface area contributed by atoms with Gasteiger partial charge in [-0.1, -0.05) is 30.3 Å². The molecule has 1 atom stereocenters. The number of aryl methyl sites for hydroxylation is 1. The molecular weight excluding hydrogens is 246 g/mol. The molecule has 3 heteroatoms. The van der Waals surface area contributed by atoms with Crippen LogP contribution in [0.1, 0.15) is 31.2 Å². The number of nitrogens with two attached hydrogens (primary N) is 1. The number of hydrogen-bond acceptors (Lipinski definition) is 2. The Bertz CT molecular complexity index is 325. The Morgan fingerprint density at radius 2 is 1.89 bits per heavy atom. The maximum Gasteiger partial charge on any atom is 0.0571 e. The van der Waals surface area contributed by atoms with Gasteiger partial charge in [0.2, 0.25) is 0 Å². The first-order chi connectivity index (χ1) is 8.29. The van der Waals surface area contributed by atoms with Crippen molar-refractivity contribution in [3.63, 3.8) is 0 Å². The third-order valence-electron chi connectivity index (χ3n) is 3.96. The van der Waals surface area contributed by atoms with Gasteiger partial charge >= 0.3 is 0 Å². The number of benzene rings is 1. The van der Waals surface area contributed by atoms with Crippen LogP contribution in [0.25, 0.3) is 0 Å². The van der Waals surface area contributed by atoms with E-state index in [1.54, 1.807) is 0 Å². The largest absolute Gasteiger partial charge is 0.393 e. The second-order valence-electron chi connectivity index (χ2n) is 5.27. The maximum atomic E-state index is 10.1. The quantitative estimate of drug-likeness (QED) is 0.834. The van der Waals surface area contributed by atoms with E-state index in [2.05, 4.69) is 24.3 Å². The molecule has 1 aromatic rings. The van der Waals surface area contributed by atoms with Crippen molar-refractivity contribution >= 4 is 12.4 Å². The van der Waals surface area contributed by atoms with Gasteiger partial charge in [-0.2, -0.15) is 0 Å². The molecule has 18 heavy (non-hydrogen) atoms. The highest BCUT2D eigenvalue weighted by Gasteiger charge is 2.33. The third-order valence-corrected chi connectivity index (χ3v) is 3.96. The predicted molar refractivity (Wildman–Crippen MR) is 77.9 cm³/mol. The van der Waals surface area contributed by atoms with Crippen LogP contribution in [0.15, 0.2) is 30.3 Å². The number of aliphatic hydroxyl groups excluding tert-OH is 1. The molecule has 0 bridgehead atoms. The second kappa shape index (κ2) is 7.78. The molecule has 0 radical (unpaired) electrons. The van der Waals surface area contributed by atoms with Crippen LogP contribution >= 0.6 is 12.4 Å². The van der Waals surface area contributed by atoms with Crippen LogP contribution in [0.2, 0.25) is 0 Å². The minimum absolute atomic E-state index is 0. The molecule has 102 valence electrons. The molecule has 1 saturated carbocycles. The highest BCUT2D eigenvalue weighted by molar-refractivity contribution is 5.85. The molecule has 0 aliphatic heterocycles. The molecule has 0 aromatic heterocycles. The summed E-state index contributed by atoms with van der Waals surface area (Å²) in [5.41, 5.74) is 6.86. The van der Waals surface area contributed by atoms with Gasteiger partial charge in [0.05, 0.1) is 6.10 Å². The van der Waals surface area contributed by atoms with Crippen LogP contribution in [-0.4, -0.2) is 17.8 Å². The standard InChI is InChI=1S/C15H23NO.ClH/c16-9-8-13-10-14(11-13)15(17)7-6-12-4-2-1-3-5-12;/h1-5,13-15,17H,6-11,16H2;1H. The Hall–Kier alpha value is -0.570. The molecule has 0 saturated heterocycles. The minimum Gasteiger partial charge on any atom is -0.393 e. The summed E-state index contributed by atoms with van der Waals surface area (Å²) in [7, 11) is 0. The van der Waals surface area contributed by atoms with Gasteiger partial charge in [-0.3, -0.25) is 0 Å². The lowest BCUT2D eigenvalue weighted by Gasteiger charge is -2.38. The van der Waals surface area contributed by atoms with E-state index in [1.807, 2.05) is 6.07 Å². The lowest BCUT2D eigenvalue weighted by molar-refractivity contribution is 0.0207. The van der Waals surface area contributed by atoms with E-state index < -0.39 is 0 Å². The molecule has 0 heterocycles.